The number of aromatic carboxylic acids is 1. The lowest BCUT2D eigenvalue weighted by molar-refractivity contribution is 0.0696. The van der Waals surface area contributed by atoms with Crippen LogP contribution in [0.25, 0.3) is 0 Å². The molecule has 0 bridgehead atoms. The number of benzene rings is 1. The average molecular weight is 489 g/mol. The van der Waals surface area contributed by atoms with Crippen molar-refractivity contribution in [2.45, 2.75) is 82.1 Å². The fourth-order valence-electron chi connectivity index (χ4n) is 5.72. The molecule has 0 radical (unpaired) electrons. The van der Waals surface area contributed by atoms with Gasteiger partial charge in [0.15, 0.2) is 0 Å². The van der Waals surface area contributed by atoms with E-state index in [0.29, 0.717) is 11.7 Å². The van der Waals surface area contributed by atoms with E-state index in [-0.39, 0.29) is 5.56 Å². The van der Waals surface area contributed by atoms with Crippen molar-refractivity contribution in [3.63, 3.8) is 0 Å². The number of anilines is 1. The van der Waals surface area contributed by atoms with Gasteiger partial charge in [0.1, 0.15) is 10.8 Å². The first-order valence-electron chi connectivity index (χ1n) is 12.4. The molecule has 0 amide bonds. The number of carboxylic acid groups (broad SMARTS) is 1. The molecule has 5 nitrogen and oxygen atoms in total. The standard InChI is InChI=1S/C26H36N2O3S2/c1-3-4-17-5-7-18(8-6-17)19-9-11-20(12-10-19)25-27-24(16-32-25)33-28-22-14-13-21(26(29)30)15-23(22)31-2/h13-20,28H,3-12H2,1-2H3,(H,29,30)/t17-,18-,19?,20?. The quantitative estimate of drug-likeness (QED) is 0.350. The predicted octanol–water partition coefficient (Wildman–Crippen LogP) is 7.85. The number of rotatable bonds is 9. The molecular formula is C26H36N2O3S2. The molecule has 2 aromatic rings. The molecule has 2 aliphatic carbocycles. The van der Waals surface area contributed by atoms with Gasteiger partial charge in [0.2, 0.25) is 0 Å². The van der Waals surface area contributed by atoms with Crippen molar-refractivity contribution in [1.29, 1.82) is 0 Å². The zero-order valence-electron chi connectivity index (χ0n) is 19.7. The van der Waals surface area contributed by atoms with Gasteiger partial charge in [-0.3, -0.25) is 0 Å². The molecule has 33 heavy (non-hydrogen) atoms. The first-order chi connectivity index (χ1) is 16.1. The molecule has 2 aliphatic rings. The van der Waals surface area contributed by atoms with Crippen molar-refractivity contribution >= 4 is 34.9 Å². The van der Waals surface area contributed by atoms with Crippen molar-refractivity contribution < 1.29 is 14.6 Å². The van der Waals surface area contributed by atoms with Gasteiger partial charge in [0.25, 0.3) is 0 Å². The Kier molecular flexibility index (Phi) is 8.58. The molecule has 4 rings (SSSR count). The van der Waals surface area contributed by atoms with Crippen LogP contribution in [-0.4, -0.2) is 23.2 Å². The minimum absolute atomic E-state index is 0.211. The zero-order valence-corrected chi connectivity index (χ0v) is 21.4. The highest BCUT2D eigenvalue weighted by atomic mass is 32.2. The minimum atomic E-state index is -0.962. The van der Waals surface area contributed by atoms with Crippen LogP contribution in [0, 0.1) is 17.8 Å². The number of thiazole rings is 1. The largest absolute Gasteiger partial charge is 0.495 e. The fourth-order valence-corrected chi connectivity index (χ4v) is 7.49. The van der Waals surface area contributed by atoms with E-state index < -0.39 is 5.97 Å². The number of carbonyl (C=O) groups is 1. The summed E-state index contributed by atoms with van der Waals surface area (Å²) in [5, 5.41) is 13.5. The third kappa shape index (κ3) is 6.24. The molecule has 180 valence electrons. The predicted molar refractivity (Wildman–Crippen MR) is 137 cm³/mol. The van der Waals surface area contributed by atoms with E-state index in [9.17, 15) is 4.79 Å². The summed E-state index contributed by atoms with van der Waals surface area (Å²) in [7, 11) is 1.55. The molecule has 0 spiro atoms. The average Bonchev–Trinajstić information content (AvgIpc) is 3.32. The van der Waals surface area contributed by atoms with Crippen molar-refractivity contribution in [3.05, 3.63) is 34.2 Å². The third-order valence-electron chi connectivity index (χ3n) is 7.59. The van der Waals surface area contributed by atoms with Gasteiger partial charge in [-0.25, -0.2) is 9.78 Å². The number of carboxylic acids is 1. The lowest BCUT2D eigenvalue weighted by Crippen LogP contribution is -2.25. The van der Waals surface area contributed by atoms with Crippen LogP contribution >= 0.6 is 23.3 Å². The van der Waals surface area contributed by atoms with E-state index in [0.717, 1.165) is 28.5 Å². The van der Waals surface area contributed by atoms with Gasteiger partial charge in [-0.05, 0) is 74.5 Å². The molecule has 2 N–H and O–H groups in total. The summed E-state index contributed by atoms with van der Waals surface area (Å²) in [6, 6.07) is 4.85. The van der Waals surface area contributed by atoms with Crippen LogP contribution in [0.4, 0.5) is 5.69 Å². The van der Waals surface area contributed by atoms with Crippen LogP contribution in [0.5, 0.6) is 5.75 Å². The molecule has 0 saturated heterocycles. The number of hydrogen-bond donors (Lipinski definition) is 2. The van der Waals surface area contributed by atoms with Gasteiger partial charge in [-0.1, -0.05) is 32.6 Å². The smallest absolute Gasteiger partial charge is 0.335 e. The molecule has 2 fully saturated rings. The highest BCUT2D eigenvalue weighted by Gasteiger charge is 2.32. The van der Waals surface area contributed by atoms with Gasteiger partial charge in [0.05, 0.1) is 23.4 Å². The maximum Gasteiger partial charge on any atom is 0.335 e. The highest BCUT2D eigenvalue weighted by molar-refractivity contribution is 8.00. The summed E-state index contributed by atoms with van der Waals surface area (Å²) in [5.41, 5.74) is 0.958. The summed E-state index contributed by atoms with van der Waals surface area (Å²) >= 11 is 3.22. The van der Waals surface area contributed by atoms with Crippen LogP contribution in [-0.2, 0) is 0 Å². The summed E-state index contributed by atoms with van der Waals surface area (Å²) < 4.78 is 8.61. The van der Waals surface area contributed by atoms with Gasteiger partial charge in [-0.2, -0.15) is 0 Å². The molecule has 0 unspecified atom stereocenters. The molecule has 1 aromatic carbocycles. The number of hydrogen-bond acceptors (Lipinski definition) is 6. The minimum Gasteiger partial charge on any atom is -0.495 e. The van der Waals surface area contributed by atoms with E-state index in [2.05, 4.69) is 17.0 Å². The van der Waals surface area contributed by atoms with Crippen LogP contribution in [0.1, 0.15) is 92.4 Å². The van der Waals surface area contributed by atoms with Crippen LogP contribution < -0.4 is 9.46 Å². The van der Waals surface area contributed by atoms with Gasteiger partial charge < -0.3 is 14.6 Å². The van der Waals surface area contributed by atoms with Gasteiger partial charge >= 0.3 is 5.97 Å². The Bertz CT molecular complexity index is 916. The molecule has 1 aromatic heterocycles. The normalized spacial score (nSPS) is 25.5. The highest BCUT2D eigenvalue weighted by Crippen LogP contribution is 2.45. The summed E-state index contributed by atoms with van der Waals surface area (Å²) in [4.78, 5) is 16.1. The second kappa shape index (κ2) is 11.6. The Morgan fingerprint density at radius 2 is 1.85 bits per heavy atom. The Morgan fingerprint density at radius 1 is 1.15 bits per heavy atom. The monoisotopic (exact) mass is 488 g/mol. The summed E-state index contributed by atoms with van der Waals surface area (Å²) in [5.74, 6) is 3.04. The van der Waals surface area contributed by atoms with E-state index in [1.165, 1.54) is 87.2 Å². The molecule has 0 atom stereocenters. The van der Waals surface area contributed by atoms with Crippen LogP contribution in [0.15, 0.2) is 28.6 Å². The van der Waals surface area contributed by atoms with E-state index in [1.807, 2.05) is 0 Å². The second-order valence-corrected chi connectivity index (χ2v) is 11.3. The third-order valence-corrected chi connectivity index (χ3v) is 9.49. The first-order valence-corrected chi connectivity index (χ1v) is 14.1. The molecule has 2 saturated carbocycles. The maximum atomic E-state index is 11.2. The molecule has 7 heteroatoms. The molecule has 0 aliphatic heterocycles. The maximum absolute atomic E-state index is 11.2. The van der Waals surface area contributed by atoms with E-state index in [1.54, 1.807) is 30.6 Å². The van der Waals surface area contributed by atoms with Gasteiger partial charge in [-0.15, -0.1) is 11.3 Å². The Hall–Kier alpha value is -1.73. The Balaban J connectivity index is 1.26. The van der Waals surface area contributed by atoms with Gasteiger partial charge in [0, 0.05) is 23.2 Å². The number of ether oxygens (including phenoxy) is 1. The van der Waals surface area contributed by atoms with Crippen LogP contribution in [0.2, 0.25) is 0 Å². The topological polar surface area (TPSA) is 71.5 Å². The lowest BCUT2D eigenvalue weighted by Gasteiger charge is -2.37. The lowest BCUT2D eigenvalue weighted by atomic mass is 9.69. The number of methoxy groups -OCH3 is 1. The molecular weight excluding hydrogens is 452 g/mol. The zero-order chi connectivity index (χ0) is 23.2. The van der Waals surface area contributed by atoms with Crippen molar-refractivity contribution in [2.24, 2.45) is 17.8 Å². The fraction of sp³-hybridized carbons (Fsp3) is 0.615. The van der Waals surface area contributed by atoms with E-state index in [4.69, 9.17) is 14.8 Å². The number of nitrogens with zero attached hydrogens (tertiary/aromatic N) is 1. The molecule has 1 heterocycles. The second-order valence-electron chi connectivity index (χ2n) is 9.63. The SMILES string of the molecule is CCC[C@H]1CC[C@H](C2CCC(c3nc(SNc4ccc(C(=O)O)cc4OC)cs3)CC2)CC1. The Labute approximate surface area is 205 Å². The van der Waals surface area contributed by atoms with E-state index >= 15 is 0 Å². The number of nitrogens with one attached hydrogen (secondary N) is 1. The van der Waals surface area contributed by atoms with Crippen molar-refractivity contribution in [3.8, 4) is 5.75 Å². The van der Waals surface area contributed by atoms with Crippen molar-refractivity contribution in [1.82, 2.24) is 4.98 Å². The number of aromatic nitrogens is 1. The summed E-state index contributed by atoms with van der Waals surface area (Å²) in [6.07, 6.45) is 13.9. The summed E-state index contributed by atoms with van der Waals surface area (Å²) in [6.45, 7) is 2.32. The van der Waals surface area contributed by atoms with Crippen LogP contribution in [0.3, 0.4) is 0 Å². The Morgan fingerprint density at radius 3 is 2.48 bits per heavy atom. The van der Waals surface area contributed by atoms with Crippen molar-refractivity contribution in [2.75, 3.05) is 11.8 Å². The first kappa shape index (κ1) is 24.4.